The quantitative estimate of drug-likeness (QED) is 0.611. The molecule has 0 aliphatic heterocycles. The minimum Gasteiger partial charge on any atom is -0.493 e. The van der Waals surface area contributed by atoms with Gasteiger partial charge in [-0.15, -0.1) is 12.4 Å². The number of halogens is 3. The average molecular weight is 407 g/mol. The van der Waals surface area contributed by atoms with Gasteiger partial charge < -0.3 is 19.5 Å². The van der Waals surface area contributed by atoms with Crippen LogP contribution in [-0.2, 0) is 17.9 Å². The van der Waals surface area contributed by atoms with Crippen LogP contribution in [0.15, 0.2) is 36.4 Å². The van der Waals surface area contributed by atoms with Gasteiger partial charge in [0.2, 0.25) is 0 Å². The highest BCUT2D eigenvalue weighted by Crippen LogP contribution is 2.37. The van der Waals surface area contributed by atoms with E-state index in [9.17, 15) is 0 Å². The summed E-state index contributed by atoms with van der Waals surface area (Å²) in [5, 5.41) is 4.49. The van der Waals surface area contributed by atoms with Crippen molar-refractivity contribution in [3.05, 3.63) is 57.6 Å². The summed E-state index contributed by atoms with van der Waals surface area (Å²) in [7, 11) is 3.28. The summed E-state index contributed by atoms with van der Waals surface area (Å²) in [5.74, 6) is 1.15. The Bertz CT molecular complexity index is 651. The third-order valence-electron chi connectivity index (χ3n) is 3.40. The summed E-state index contributed by atoms with van der Waals surface area (Å²) < 4.78 is 16.3. The maximum atomic E-state index is 6.37. The molecule has 0 heterocycles. The minimum absolute atomic E-state index is 0. The third-order valence-corrected chi connectivity index (χ3v) is 3.93. The Morgan fingerprint density at radius 2 is 1.72 bits per heavy atom. The second kappa shape index (κ2) is 11.4. The van der Waals surface area contributed by atoms with Gasteiger partial charge >= 0.3 is 0 Å². The van der Waals surface area contributed by atoms with Gasteiger partial charge in [0, 0.05) is 25.2 Å². The van der Waals surface area contributed by atoms with Crippen LogP contribution in [0.2, 0.25) is 10.0 Å². The Hall–Kier alpha value is -1.17. The van der Waals surface area contributed by atoms with Gasteiger partial charge in [0.15, 0.2) is 11.5 Å². The SMILES string of the molecule is COCCNCc1cc(Cl)c(OCc2ccc(Cl)cc2)c(OC)c1.Cl. The fourth-order valence-electron chi connectivity index (χ4n) is 2.16. The van der Waals surface area contributed by atoms with Gasteiger partial charge in [0.1, 0.15) is 6.61 Å². The van der Waals surface area contributed by atoms with Crippen molar-refractivity contribution < 1.29 is 14.2 Å². The van der Waals surface area contributed by atoms with E-state index < -0.39 is 0 Å². The lowest BCUT2D eigenvalue weighted by Gasteiger charge is -2.15. The Morgan fingerprint density at radius 3 is 2.36 bits per heavy atom. The second-order valence-corrected chi connectivity index (χ2v) is 6.04. The number of rotatable bonds is 9. The van der Waals surface area contributed by atoms with Crippen molar-refractivity contribution in [1.29, 1.82) is 0 Å². The second-order valence-electron chi connectivity index (χ2n) is 5.19. The van der Waals surface area contributed by atoms with Gasteiger partial charge in [-0.25, -0.2) is 0 Å². The lowest BCUT2D eigenvalue weighted by molar-refractivity contribution is 0.199. The number of hydrogen-bond acceptors (Lipinski definition) is 4. The molecular weight excluding hydrogens is 385 g/mol. The number of benzene rings is 2. The first-order chi connectivity index (χ1) is 11.6. The van der Waals surface area contributed by atoms with Crippen molar-refractivity contribution in [3.8, 4) is 11.5 Å². The van der Waals surface area contributed by atoms with Crippen LogP contribution >= 0.6 is 35.6 Å². The van der Waals surface area contributed by atoms with E-state index in [1.165, 1.54) is 0 Å². The smallest absolute Gasteiger partial charge is 0.180 e. The predicted molar refractivity (Wildman–Crippen MR) is 105 cm³/mol. The molecule has 0 aliphatic rings. The molecule has 2 rings (SSSR count). The molecule has 2 aromatic rings. The van der Waals surface area contributed by atoms with E-state index in [0.717, 1.165) is 17.7 Å². The van der Waals surface area contributed by atoms with Gasteiger partial charge in [-0.1, -0.05) is 35.3 Å². The van der Waals surface area contributed by atoms with Gasteiger partial charge in [0.25, 0.3) is 0 Å². The summed E-state index contributed by atoms with van der Waals surface area (Å²) >= 11 is 12.3. The van der Waals surface area contributed by atoms with Crippen LogP contribution in [0.1, 0.15) is 11.1 Å². The molecule has 0 saturated heterocycles. The van der Waals surface area contributed by atoms with Crippen LogP contribution in [-0.4, -0.2) is 27.4 Å². The molecule has 7 heteroatoms. The largest absolute Gasteiger partial charge is 0.493 e. The van der Waals surface area contributed by atoms with Gasteiger partial charge in [-0.05, 0) is 35.4 Å². The van der Waals surface area contributed by atoms with Crippen molar-refractivity contribution >= 4 is 35.6 Å². The van der Waals surface area contributed by atoms with Crippen LogP contribution in [0.25, 0.3) is 0 Å². The summed E-state index contributed by atoms with van der Waals surface area (Å²) in [6.07, 6.45) is 0. The molecule has 138 valence electrons. The summed E-state index contributed by atoms with van der Waals surface area (Å²) in [6, 6.07) is 11.3. The fraction of sp³-hybridized carbons (Fsp3) is 0.333. The van der Waals surface area contributed by atoms with Crippen molar-refractivity contribution in [2.45, 2.75) is 13.2 Å². The number of ether oxygens (including phenoxy) is 3. The predicted octanol–water partition coefficient (Wildman–Crippen LogP) is 4.74. The lowest BCUT2D eigenvalue weighted by Crippen LogP contribution is -2.18. The normalized spacial score (nSPS) is 10.2. The highest BCUT2D eigenvalue weighted by atomic mass is 35.5. The molecule has 4 nitrogen and oxygen atoms in total. The number of hydrogen-bond donors (Lipinski definition) is 1. The van der Waals surface area contributed by atoms with Crippen LogP contribution in [0.4, 0.5) is 0 Å². The lowest BCUT2D eigenvalue weighted by atomic mass is 10.2. The van der Waals surface area contributed by atoms with Gasteiger partial charge in [0.05, 0.1) is 18.7 Å². The molecule has 0 amide bonds. The molecule has 0 unspecified atom stereocenters. The third kappa shape index (κ3) is 6.92. The Kier molecular flexibility index (Phi) is 10.0. The monoisotopic (exact) mass is 405 g/mol. The van der Waals surface area contributed by atoms with E-state index in [0.29, 0.717) is 41.3 Å². The molecule has 0 bridgehead atoms. The molecule has 0 atom stereocenters. The van der Waals surface area contributed by atoms with Crippen LogP contribution in [0.5, 0.6) is 11.5 Å². The zero-order chi connectivity index (χ0) is 17.4. The molecule has 0 saturated carbocycles. The molecule has 1 N–H and O–H groups in total. The molecule has 0 aromatic heterocycles. The maximum Gasteiger partial charge on any atom is 0.180 e. The van der Waals surface area contributed by atoms with Crippen LogP contribution in [0, 0.1) is 0 Å². The molecule has 25 heavy (non-hydrogen) atoms. The van der Waals surface area contributed by atoms with Gasteiger partial charge in [-0.3, -0.25) is 0 Å². The highest BCUT2D eigenvalue weighted by Gasteiger charge is 2.12. The summed E-state index contributed by atoms with van der Waals surface area (Å²) in [6.45, 7) is 2.49. The van der Waals surface area contributed by atoms with Crippen molar-refractivity contribution in [2.24, 2.45) is 0 Å². The molecule has 0 aliphatic carbocycles. The van der Waals surface area contributed by atoms with E-state index >= 15 is 0 Å². The number of nitrogens with one attached hydrogen (secondary N) is 1. The van der Waals surface area contributed by atoms with E-state index in [4.69, 9.17) is 37.4 Å². The zero-order valence-electron chi connectivity index (χ0n) is 14.2. The Morgan fingerprint density at radius 1 is 1.00 bits per heavy atom. The summed E-state index contributed by atoms with van der Waals surface area (Å²) in [5.41, 5.74) is 2.02. The minimum atomic E-state index is 0. The van der Waals surface area contributed by atoms with Crippen LogP contribution in [0.3, 0.4) is 0 Å². The standard InChI is InChI=1S/C18H21Cl2NO3.ClH/c1-22-8-7-21-11-14-9-16(20)18(17(10-14)23-2)24-12-13-3-5-15(19)6-4-13;/h3-6,9-10,21H,7-8,11-12H2,1-2H3;1H. The fourth-order valence-corrected chi connectivity index (χ4v) is 2.57. The zero-order valence-corrected chi connectivity index (χ0v) is 16.5. The first-order valence-corrected chi connectivity index (χ1v) is 8.33. The molecule has 0 fully saturated rings. The Labute approximate surface area is 164 Å². The maximum absolute atomic E-state index is 6.37. The van der Waals surface area contributed by atoms with Crippen LogP contribution < -0.4 is 14.8 Å². The van der Waals surface area contributed by atoms with Crippen molar-refractivity contribution in [2.75, 3.05) is 27.4 Å². The first-order valence-electron chi connectivity index (χ1n) is 7.57. The van der Waals surface area contributed by atoms with E-state index in [1.807, 2.05) is 36.4 Å². The molecule has 0 radical (unpaired) electrons. The Balaban J connectivity index is 0.00000312. The molecule has 0 spiro atoms. The average Bonchev–Trinajstić information content (AvgIpc) is 2.59. The topological polar surface area (TPSA) is 39.7 Å². The summed E-state index contributed by atoms with van der Waals surface area (Å²) in [4.78, 5) is 0. The highest BCUT2D eigenvalue weighted by molar-refractivity contribution is 6.32. The van der Waals surface area contributed by atoms with E-state index in [1.54, 1.807) is 14.2 Å². The van der Waals surface area contributed by atoms with Crippen molar-refractivity contribution in [3.63, 3.8) is 0 Å². The van der Waals surface area contributed by atoms with E-state index in [2.05, 4.69) is 5.32 Å². The number of methoxy groups -OCH3 is 2. The van der Waals surface area contributed by atoms with Crippen molar-refractivity contribution in [1.82, 2.24) is 5.32 Å². The molecular formula is C18H22Cl3NO3. The first kappa shape index (κ1) is 21.9. The van der Waals surface area contributed by atoms with Gasteiger partial charge in [-0.2, -0.15) is 0 Å². The molecule has 2 aromatic carbocycles. The van der Waals surface area contributed by atoms with E-state index in [-0.39, 0.29) is 12.4 Å².